The molecule has 4 nitrogen and oxygen atoms in total. The molecule has 0 spiro atoms. The van der Waals surface area contributed by atoms with Gasteiger partial charge in [0.1, 0.15) is 6.04 Å². The second-order valence-corrected chi connectivity index (χ2v) is 5.66. The zero-order valence-corrected chi connectivity index (χ0v) is 12.8. The Balaban J connectivity index is 1.77. The van der Waals surface area contributed by atoms with Crippen molar-refractivity contribution in [3.05, 3.63) is 81.9 Å². The summed E-state index contributed by atoms with van der Waals surface area (Å²) < 4.78 is 6.32. The number of hydrogen-bond acceptors (Lipinski definition) is 4. The maximum Gasteiger partial charge on any atom is 0.248 e. The van der Waals surface area contributed by atoms with Crippen LogP contribution in [0.5, 0.6) is 0 Å². The molecule has 0 aliphatic rings. The normalized spacial score (nSPS) is 12.3. The summed E-state index contributed by atoms with van der Waals surface area (Å²) in [5.41, 5.74) is 8.21. The van der Waals surface area contributed by atoms with Crippen molar-refractivity contribution in [3.8, 4) is 0 Å². The van der Waals surface area contributed by atoms with E-state index >= 15 is 0 Å². The van der Waals surface area contributed by atoms with Gasteiger partial charge in [0, 0.05) is 10.9 Å². The Kier molecular flexibility index (Phi) is 4.13. The molecular formula is C16H14BrN3O. The minimum absolute atomic E-state index is 0.394. The van der Waals surface area contributed by atoms with Crippen LogP contribution in [-0.2, 0) is 6.42 Å². The first-order valence-electron chi connectivity index (χ1n) is 6.60. The topological polar surface area (TPSA) is 64.9 Å². The molecule has 2 N–H and O–H groups in total. The monoisotopic (exact) mass is 343 g/mol. The van der Waals surface area contributed by atoms with E-state index in [4.69, 9.17) is 10.3 Å². The molecule has 1 heterocycles. The van der Waals surface area contributed by atoms with Gasteiger partial charge in [-0.05, 0) is 23.3 Å². The molecule has 0 aliphatic carbocycles. The lowest BCUT2D eigenvalue weighted by Crippen LogP contribution is -2.12. The van der Waals surface area contributed by atoms with E-state index in [9.17, 15) is 0 Å². The number of hydrogen-bond donors (Lipinski definition) is 1. The highest BCUT2D eigenvalue weighted by molar-refractivity contribution is 9.10. The van der Waals surface area contributed by atoms with E-state index < -0.39 is 6.04 Å². The molecule has 1 aromatic heterocycles. The molecule has 0 aliphatic heterocycles. The molecule has 5 heteroatoms. The zero-order chi connectivity index (χ0) is 14.7. The second-order valence-electron chi connectivity index (χ2n) is 4.74. The number of benzene rings is 2. The number of nitrogens with two attached hydrogens (primary N) is 1. The second kappa shape index (κ2) is 6.20. The van der Waals surface area contributed by atoms with E-state index in [0.29, 0.717) is 18.1 Å². The van der Waals surface area contributed by atoms with Crippen molar-refractivity contribution in [1.29, 1.82) is 0 Å². The number of aromatic nitrogens is 2. The summed E-state index contributed by atoms with van der Waals surface area (Å²) in [5.74, 6) is 1.07. The van der Waals surface area contributed by atoms with Crippen molar-refractivity contribution in [2.24, 2.45) is 5.73 Å². The van der Waals surface area contributed by atoms with Crippen LogP contribution in [0, 0.1) is 0 Å². The minimum atomic E-state index is -0.394. The van der Waals surface area contributed by atoms with Crippen LogP contribution in [0.2, 0.25) is 0 Å². The molecule has 0 fully saturated rings. The van der Waals surface area contributed by atoms with E-state index in [1.807, 2.05) is 54.6 Å². The van der Waals surface area contributed by atoms with E-state index in [1.165, 1.54) is 0 Å². The Labute approximate surface area is 131 Å². The summed E-state index contributed by atoms with van der Waals surface area (Å²) in [7, 11) is 0. The molecule has 3 aromatic rings. The van der Waals surface area contributed by atoms with E-state index in [1.54, 1.807) is 0 Å². The third-order valence-electron chi connectivity index (χ3n) is 3.16. The molecule has 3 rings (SSSR count). The van der Waals surface area contributed by atoms with Gasteiger partial charge in [-0.15, -0.1) is 0 Å². The summed E-state index contributed by atoms with van der Waals surface area (Å²) in [4.78, 5) is 4.39. The molecule has 0 bridgehead atoms. The lowest BCUT2D eigenvalue weighted by molar-refractivity contribution is 0.363. The first-order chi connectivity index (χ1) is 10.2. The quantitative estimate of drug-likeness (QED) is 0.787. The van der Waals surface area contributed by atoms with Gasteiger partial charge in [0.05, 0.1) is 0 Å². The van der Waals surface area contributed by atoms with Crippen LogP contribution < -0.4 is 5.73 Å². The maximum atomic E-state index is 6.14. The fraction of sp³-hybridized carbons (Fsp3) is 0.125. The van der Waals surface area contributed by atoms with Crippen molar-refractivity contribution >= 4 is 15.9 Å². The average Bonchev–Trinajstić information content (AvgIpc) is 2.96. The molecule has 21 heavy (non-hydrogen) atoms. The van der Waals surface area contributed by atoms with Gasteiger partial charge in [0.15, 0.2) is 5.82 Å². The van der Waals surface area contributed by atoms with Crippen molar-refractivity contribution in [2.45, 2.75) is 12.5 Å². The molecular weight excluding hydrogens is 330 g/mol. The molecule has 0 amide bonds. The Morgan fingerprint density at radius 2 is 1.90 bits per heavy atom. The summed E-state index contributed by atoms with van der Waals surface area (Å²) in [6.07, 6.45) is 0.616. The van der Waals surface area contributed by atoms with Gasteiger partial charge in [-0.2, -0.15) is 4.98 Å². The fourth-order valence-corrected chi connectivity index (χ4v) is 2.54. The highest BCUT2D eigenvalue weighted by Gasteiger charge is 2.16. The maximum absolute atomic E-state index is 6.14. The van der Waals surface area contributed by atoms with Gasteiger partial charge in [-0.1, -0.05) is 63.6 Å². The van der Waals surface area contributed by atoms with Crippen molar-refractivity contribution in [3.63, 3.8) is 0 Å². The standard InChI is InChI=1S/C16H14BrN3O/c17-13-8-4-5-11(9-13)10-14-19-16(21-20-14)15(18)12-6-2-1-3-7-12/h1-9,15H,10,18H2. The summed E-state index contributed by atoms with van der Waals surface area (Å²) >= 11 is 3.45. The minimum Gasteiger partial charge on any atom is -0.337 e. The highest BCUT2D eigenvalue weighted by atomic mass is 79.9. The highest BCUT2D eigenvalue weighted by Crippen LogP contribution is 2.19. The van der Waals surface area contributed by atoms with Crippen LogP contribution in [0.4, 0.5) is 0 Å². The average molecular weight is 344 g/mol. The van der Waals surface area contributed by atoms with Crippen LogP contribution in [0.15, 0.2) is 63.6 Å². The summed E-state index contributed by atoms with van der Waals surface area (Å²) in [6, 6.07) is 17.4. The Hall–Kier alpha value is -1.98. The van der Waals surface area contributed by atoms with Crippen molar-refractivity contribution < 1.29 is 4.52 Å². The molecule has 0 saturated heterocycles. The van der Waals surface area contributed by atoms with Crippen LogP contribution in [0.25, 0.3) is 0 Å². The molecule has 106 valence electrons. The van der Waals surface area contributed by atoms with Gasteiger partial charge in [0.2, 0.25) is 5.89 Å². The van der Waals surface area contributed by atoms with Crippen LogP contribution in [0.3, 0.4) is 0 Å². The smallest absolute Gasteiger partial charge is 0.248 e. The third-order valence-corrected chi connectivity index (χ3v) is 3.65. The first kappa shape index (κ1) is 14.0. The van der Waals surface area contributed by atoms with Gasteiger partial charge in [-0.3, -0.25) is 0 Å². The van der Waals surface area contributed by atoms with E-state index in [2.05, 4.69) is 26.1 Å². The number of halogens is 1. The van der Waals surface area contributed by atoms with Gasteiger partial charge < -0.3 is 10.3 Å². The van der Waals surface area contributed by atoms with Gasteiger partial charge in [-0.25, -0.2) is 0 Å². The summed E-state index contributed by atoms with van der Waals surface area (Å²) in [6.45, 7) is 0. The molecule has 0 radical (unpaired) electrons. The fourth-order valence-electron chi connectivity index (χ4n) is 2.10. The molecule has 1 unspecified atom stereocenters. The molecule has 1 atom stereocenters. The Bertz CT molecular complexity index is 727. The third kappa shape index (κ3) is 3.37. The number of rotatable bonds is 4. The molecule has 0 saturated carbocycles. The predicted molar refractivity (Wildman–Crippen MR) is 83.7 cm³/mol. The van der Waals surface area contributed by atoms with Gasteiger partial charge >= 0.3 is 0 Å². The van der Waals surface area contributed by atoms with Crippen molar-refractivity contribution in [1.82, 2.24) is 10.1 Å². The zero-order valence-electron chi connectivity index (χ0n) is 11.2. The van der Waals surface area contributed by atoms with E-state index in [0.717, 1.165) is 15.6 Å². The predicted octanol–water partition coefficient (Wildman–Crippen LogP) is 3.47. The SMILES string of the molecule is NC(c1ccccc1)c1nc(Cc2cccc(Br)c2)no1. The van der Waals surface area contributed by atoms with Crippen LogP contribution in [0.1, 0.15) is 28.9 Å². The Morgan fingerprint density at radius 1 is 1.10 bits per heavy atom. The lowest BCUT2D eigenvalue weighted by Gasteiger charge is -2.05. The Morgan fingerprint density at radius 3 is 2.67 bits per heavy atom. The van der Waals surface area contributed by atoms with Crippen LogP contribution >= 0.6 is 15.9 Å². The first-order valence-corrected chi connectivity index (χ1v) is 7.39. The van der Waals surface area contributed by atoms with Gasteiger partial charge in [0.25, 0.3) is 0 Å². The van der Waals surface area contributed by atoms with E-state index in [-0.39, 0.29) is 0 Å². The largest absolute Gasteiger partial charge is 0.337 e. The number of nitrogens with zero attached hydrogens (tertiary/aromatic N) is 2. The lowest BCUT2D eigenvalue weighted by atomic mass is 10.1. The van der Waals surface area contributed by atoms with Crippen molar-refractivity contribution in [2.75, 3.05) is 0 Å². The summed E-state index contributed by atoms with van der Waals surface area (Å²) in [5, 5.41) is 4.01. The van der Waals surface area contributed by atoms with Crippen LogP contribution in [-0.4, -0.2) is 10.1 Å². The molecule has 2 aromatic carbocycles.